The summed E-state index contributed by atoms with van der Waals surface area (Å²) in [4.78, 5) is 41.6. The molecule has 1 aromatic heterocycles. The number of carbonyl (C=O) groups is 3. The van der Waals surface area contributed by atoms with Gasteiger partial charge in [0.2, 0.25) is 11.8 Å². The predicted molar refractivity (Wildman–Crippen MR) is 118 cm³/mol. The summed E-state index contributed by atoms with van der Waals surface area (Å²) in [5.74, 6) is 0.437. The van der Waals surface area contributed by atoms with Gasteiger partial charge in [-0.05, 0) is 32.4 Å². The molecule has 0 radical (unpaired) electrons. The van der Waals surface area contributed by atoms with E-state index in [4.69, 9.17) is 4.74 Å². The van der Waals surface area contributed by atoms with E-state index in [1.165, 1.54) is 0 Å². The second-order valence-corrected chi connectivity index (χ2v) is 8.79. The van der Waals surface area contributed by atoms with Crippen LogP contribution in [0.25, 0.3) is 0 Å². The normalized spacial score (nSPS) is 20.7. The molecule has 1 fully saturated rings. The Morgan fingerprint density at radius 3 is 2.78 bits per heavy atom. The second kappa shape index (κ2) is 8.76. The first-order valence-corrected chi connectivity index (χ1v) is 11.2. The summed E-state index contributed by atoms with van der Waals surface area (Å²) >= 11 is 0. The number of aryl methyl sites for hydroxylation is 2. The number of aromatic nitrogens is 2. The highest BCUT2D eigenvalue weighted by Crippen LogP contribution is 2.39. The number of fused-ring (bicyclic) bond motifs is 1. The van der Waals surface area contributed by atoms with E-state index in [-0.39, 0.29) is 37.0 Å². The van der Waals surface area contributed by atoms with Gasteiger partial charge < -0.3 is 14.5 Å². The van der Waals surface area contributed by atoms with Gasteiger partial charge in [-0.2, -0.15) is 5.10 Å². The third kappa shape index (κ3) is 4.40. The molecule has 2 aliphatic heterocycles. The monoisotopic (exact) mass is 438 g/mol. The van der Waals surface area contributed by atoms with Crippen LogP contribution < -0.4 is 4.74 Å². The van der Waals surface area contributed by atoms with Crippen molar-refractivity contribution in [3.63, 3.8) is 0 Å². The van der Waals surface area contributed by atoms with Crippen molar-refractivity contribution in [3.05, 3.63) is 47.3 Å². The molecule has 0 saturated carbocycles. The molecule has 1 saturated heterocycles. The number of Topliss-reactive ketones (excluding diaryl/α,β-unsaturated/α-hetero) is 1. The maximum absolute atomic E-state index is 12.9. The van der Waals surface area contributed by atoms with Gasteiger partial charge in [0.1, 0.15) is 11.4 Å². The first-order chi connectivity index (χ1) is 15.3. The average Bonchev–Trinajstić information content (AvgIpc) is 3.07. The molecule has 0 aliphatic carbocycles. The number of rotatable bonds is 5. The number of hydrogen-bond acceptors (Lipinski definition) is 5. The summed E-state index contributed by atoms with van der Waals surface area (Å²) in [6.07, 6.45) is 3.48. The van der Waals surface area contributed by atoms with Crippen LogP contribution in [-0.2, 0) is 22.7 Å². The molecule has 0 bridgehead atoms. The number of nitrogens with zero attached hydrogens (tertiary/aromatic N) is 4. The minimum absolute atomic E-state index is 0.0247. The zero-order valence-corrected chi connectivity index (χ0v) is 19.0. The first-order valence-electron chi connectivity index (χ1n) is 11.2. The fraction of sp³-hybridized carbons (Fsp3) is 0.500. The molecule has 1 aromatic carbocycles. The topological polar surface area (TPSA) is 84.7 Å². The molecule has 1 unspecified atom stereocenters. The molecule has 4 rings (SSSR count). The number of hydrogen-bond donors (Lipinski definition) is 0. The molecule has 1 atom stereocenters. The lowest BCUT2D eigenvalue weighted by Gasteiger charge is -2.37. The van der Waals surface area contributed by atoms with Gasteiger partial charge in [-0.15, -0.1) is 0 Å². The largest absolute Gasteiger partial charge is 0.486 e. The highest BCUT2D eigenvalue weighted by molar-refractivity contribution is 6.00. The maximum atomic E-state index is 12.9. The van der Waals surface area contributed by atoms with E-state index >= 15 is 0 Å². The van der Waals surface area contributed by atoms with Crippen molar-refractivity contribution in [2.45, 2.75) is 58.2 Å². The van der Waals surface area contributed by atoms with E-state index in [0.717, 1.165) is 17.8 Å². The summed E-state index contributed by atoms with van der Waals surface area (Å²) in [6.45, 7) is 5.59. The van der Waals surface area contributed by atoms with Crippen molar-refractivity contribution in [3.8, 4) is 5.75 Å². The first kappa shape index (κ1) is 22.0. The lowest BCUT2D eigenvalue weighted by Crippen LogP contribution is -2.44. The molecule has 8 nitrogen and oxygen atoms in total. The van der Waals surface area contributed by atoms with Crippen molar-refractivity contribution in [2.24, 2.45) is 0 Å². The molecule has 0 N–H and O–H groups in total. The Morgan fingerprint density at radius 2 is 2.03 bits per heavy atom. The Labute approximate surface area is 188 Å². The number of para-hydroxylation sites is 1. The van der Waals surface area contributed by atoms with Crippen LogP contribution in [0.3, 0.4) is 0 Å². The standard InChI is InChI=1S/C24H30N4O4/c1-4-28-15-18(17(2)25-28)14-26(3)23(31)16-27-12-11-24(10-9-22(27)30)13-20(29)19-7-5-6-8-21(19)32-24/h5-8,15H,4,9-14,16H2,1-3H3. The number of likely N-dealkylation sites (tertiary alicyclic amines) is 1. The van der Waals surface area contributed by atoms with Gasteiger partial charge in [-0.1, -0.05) is 12.1 Å². The maximum Gasteiger partial charge on any atom is 0.242 e. The van der Waals surface area contributed by atoms with E-state index in [9.17, 15) is 14.4 Å². The zero-order valence-electron chi connectivity index (χ0n) is 19.0. The number of amides is 2. The Balaban J connectivity index is 1.40. The number of ketones is 1. The van der Waals surface area contributed by atoms with Gasteiger partial charge in [0, 0.05) is 51.3 Å². The summed E-state index contributed by atoms with van der Waals surface area (Å²) in [5.41, 5.74) is 1.82. The van der Waals surface area contributed by atoms with E-state index in [2.05, 4.69) is 5.10 Å². The van der Waals surface area contributed by atoms with Gasteiger partial charge in [0.15, 0.2) is 5.78 Å². The smallest absolute Gasteiger partial charge is 0.242 e. The van der Waals surface area contributed by atoms with Gasteiger partial charge in [0.25, 0.3) is 0 Å². The Kier molecular flexibility index (Phi) is 6.04. The third-order valence-electron chi connectivity index (χ3n) is 6.51. The molecular weight excluding hydrogens is 408 g/mol. The van der Waals surface area contributed by atoms with E-state index in [1.54, 1.807) is 29.0 Å². The van der Waals surface area contributed by atoms with Crippen LogP contribution in [0, 0.1) is 6.92 Å². The molecular formula is C24H30N4O4. The van der Waals surface area contributed by atoms with Crippen LogP contribution >= 0.6 is 0 Å². The lowest BCUT2D eigenvalue weighted by molar-refractivity contribution is -0.139. The summed E-state index contributed by atoms with van der Waals surface area (Å²) in [7, 11) is 1.74. The van der Waals surface area contributed by atoms with Crippen LogP contribution in [0.4, 0.5) is 0 Å². The van der Waals surface area contributed by atoms with Crippen LogP contribution in [0.5, 0.6) is 5.75 Å². The van der Waals surface area contributed by atoms with Crippen molar-refractivity contribution in [1.82, 2.24) is 19.6 Å². The van der Waals surface area contributed by atoms with Crippen LogP contribution in [-0.4, -0.2) is 62.9 Å². The zero-order chi connectivity index (χ0) is 22.9. The van der Waals surface area contributed by atoms with Crippen molar-refractivity contribution in [2.75, 3.05) is 20.1 Å². The molecule has 32 heavy (non-hydrogen) atoms. The molecule has 2 aromatic rings. The number of likely N-dealkylation sites (N-methyl/N-ethyl adjacent to an activating group) is 1. The SMILES string of the molecule is CCn1cc(CN(C)C(=O)CN2CCC3(CCC2=O)CC(=O)c2ccccc2O3)c(C)n1. The summed E-state index contributed by atoms with van der Waals surface area (Å²) in [5, 5.41) is 4.42. The molecule has 2 aliphatic rings. The van der Waals surface area contributed by atoms with E-state index in [1.807, 2.05) is 36.9 Å². The second-order valence-electron chi connectivity index (χ2n) is 8.79. The summed E-state index contributed by atoms with van der Waals surface area (Å²) < 4.78 is 8.11. The number of benzene rings is 1. The molecule has 8 heteroatoms. The lowest BCUT2D eigenvalue weighted by atomic mass is 9.84. The Morgan fingerprint density at radius 1 is 1.25 bits per heavy atom. The highest BCUT2D eigenvalue weighted by atomic mass is 16.5. The third-order valence-corrected chi connectivity index (χ3v) is 6.51. The molecule has 170 valence electrons. The summed E-state index contributed by atoms with van der Waals surface area (Å²) in [6, 6.07) is 7.26. The van der Waals surface area contributed by atoms with Gasteiger partial charge in [-0.25, -0.2) is 0 Å². The van der Waals surface area contributed by atoms with Gasteiger partial charge in [0.05, 0.1) is 24.2 Å². The molecule has 2 amide bonds. The van der Waals surface area contributed by atoms with Crippen molar-refractivity contribution >= 4 is 17.6 Å². The fourth-order valence-electron chi connectivity index (χ4n) is 4.47. The predicted octanol–water partition coefficient (Wildman–Crippen LogP) is 2.59. The van der Waals surface area contributed by atoms with Gasteiger partial charge >= 0.3 is 0 Å². The van der Waals surface area contributed by atoms with E-state index in [0.29, 0.717) is 37.2 Å². The van der Waals surface area contributed by atoms with E-state index < -0.39 is 5.60 Å². The molecule has 3 heterocycles. The highest BCUT2D eigenvalue weighted by Gasteiger charge is 2.43. The van der Waals surface area contributed by atoms with Crippen LogP contribution in [0.1, 0.15) is 54.2 Å². The van der Waals surface area contributed by atoms with Crippen LogP contribution in [0.2, 0.25) is 0 Å². The number of carbonyl (C=O) groups excluding carboxylic acids is 3. The average molecular weight is 439 g/mol. The Hall–Kier alpha value is -3.16. The quantitative estimate of drug-likeness (QED) is 0.716. The van der Waals surface area contributed by atoms with Crippen LogP contribution in [0.15, 0.2) is 30.5 Å². The minimum Gasteiger partial charge on any atom is -0.486 e. The van der Waals surface area contributed by atoms with Crippen molar-refractivity contribution in [1.29, 1.82) is 0 Å². The Bertz CT molecular complexity index is 1050. The molecule has 1 spiro atoms. The fourth-order valence-corrected chi connectivity index (χ4v) is 4.47. The minimum atomic E-state index is -0.684. The van der Waals surface area contributed by atoms with Crippen molar-refractivity contribution < 1.29 is 19.1 Å². The number of ether oxygens (including phenoxy) is 1. The van der Waals surface area contributed by atoms with Gasteiger partial charge in [-0.3, -0.25) is 19.1 Å².